The first-order valence-electron chi connectivity index (χ1n) is 13.4. The summed E-state index contributed by atoms with van der Waals surface area (Å²) in [6.07, 6.45) is -6.16. The Labute approximate surface area is 249 Å². The molecule has 0 bridgehead atoms. The molecule has 0 fully saturated rings. The van der Waals surface area contributed by atoms with Crippen molar-refractivity contribution in [2.75, 3.05) is 13.7 Å². The Morgan fingerprint density at radius 2 is 1.57 bits per heavy atom. The molecular formula is C31H37ClF3NO6. The number of rotatable bonds is 14. The average molecular weight is 612 g/mol. The van der Waals surface area contributed by atoms with Crippen molar-refractivity contribution in [3.8, 4) is 5.75 Å². The molecule has 0 spiro atoms. The molecular weight excluding hydrogens is 575 g/mol. The fourth-order valence-corrected chi connectivity index (χ4v) is 4.35. The first kappa shape index (κ1) is 35.0. The molecule has 0 heterocycles. The quantitative estimate of drug-likeness (QED) is 0.243. The van der Waals surface area contributed by atoms with Gasteiger partial charge in [0.05, 0.1) is 25.2 Å². The van der Waals surface area contributed by atoms with Crippen LogP contribution >= 0.6 is 11.6 Å². The molecule has 42 heavy (non-hydrogen) atoms. The van der Waals surface area contributed by atoms with Crippen LogP contribution in [0.5, 0.6) is 5.75 Å². The summed E-state index contributed by atoms with van der Waals surface area (Å²) >= 11 is 6.02. The van der Waals surface area contributed by atoms with Crippen LogP contribution in [-0.4, -0.2) is 48.8 Å². The highest BCUT2D eigenvalue weighted by molar-refractivity contribution is 6.31. The first-order chi connectivity index (χ1) is 19.4. The molecule has 1 amide bonds. The summed E-state index contributed by atoms with van der Waals surface area (Å²) in [5, 5.41) is 2.96. The molecule has 2 rings (SSSR count). The largest absolute Gasteiger partial charge is 0.497 e. The number of nitrogens with one attached hydrogen (secondary N) is 1. The Morgan fingerprint density at radius 1 is 0.952 bits per heavy atom. The second kappa shape index (κ2) is 14.8. The number of Topliss-reactive ketones (excluding diaryl/α,β-unsaturated/α-hetero) is 3. The van der Waals surface area contributed by atoms with Gasteiger partial charge in [0.25, 0.3) is 0 Å². The van der Waals surface area contributed by atoms with Crippen molar-refractivity contribution in [3.63, 3.8) is 0 Å². The highest BCUT2D eigenvalue weighted by Crippen LogP contribution is 2.31. The summed E-state index contributed by atoms with van der Waals surface area (Å²) in [6.45, 7) is 7.98. The fourth-order valence-electron chi connectivity index (χ4n) is 4.16. The van der Waals surface area contributed by atoms with E-state index in [1.807, 2.05) is 0 Å². The molecule has 1 N–H and O–H groups in total. The minimum absolute atomic E-state index is 0.174. The van der Waals surface area contributed by atoms with Crippen molar-refractivity contribution >= 4 is 34.9 Å². The lowest BCUT2D eigenvalue weighted by atomic mass is 9.84. The third kappa shape index (κ3) is 10.5. The monoisotopic (exact) mass is 611 g/mol. The smallest absolute Gasteiger partial charge is 0.450 e. The number of ketones is 3. The molecule has 0 saturated carbocycles. The van der Waals surface area contributed by atoms with Gasteiger partial charge in [-0.25, -0.2) is 0 Å². The maximum Gasteiger partial charge on any atom is 0.450 e. The predicted octanol–water partition coefficient (Wildman–Crippen LogP) is 6.57. The van der Waals surface area contributed by atoms with Gasteiger partial charge in [0.1, 0.15) is 11.8 Å². The molecule has 0 aromatic heterocycles. The van der Waals surface area contributed by atoms with Crippen LogP contribution in [0.15, 0.2) is 48.5 Å². The van der Waals surface area contributed by atoms with Crippen LogP contribution in [0.2, 0.25) is 5.02 Å². The predicted molar refractivity (Wildman–Crippen MR) is 152 cm³/mol. The molecule has 2 aromatic carbocycles. The molecule has 0 unspecified atom stereocenters. The minimum atomic E-state index is -5.12. The van der Waals surface area contributed by atoms with Crippen molar-refractivity contribution in [3.05, 3.63) is 64.7 Å². The van der Waals surface area contributed by atoms with Crippen LogP contribution in [0.1, 0.15) is 69.4 Å². The van der Waals surface area contributed by atoms with Crippen molar-refractivity contribution in [1.82, 2.24) is 5.32 Å². The Balaban J connectivity index is 2.42. The van der Waals surface area contributed by atoms with E-state index in [-0.39, 0.29) is 24.2 Å². The molecule has 0 aliphatic carbocycles. The summed E-state index contributed by atoms with van der Waals surface area (Å²) in [7, 11) is 1.44. The third-order valence-corrected chi connectivity index (χ3v) is 6.80. The summed E-state index contributed by atoms with van der Waals surface area (Å²) in [4.78, 5) is 52.3. The zero-order valence-electron chi connectivity index (χ0n) is 24.5. The summed E-state index contributed by atoms with van der Waals surface area (Å²) in [6, 6.07) is 10.9. The van der Waals surface area contributed by atoms with Crippen molar-refractivity contribution < 1.29 is 41.8 Å². The van der Waals surface area contributed by atoms with Crippen molar-refractivity contribution in [1.29, 1.82) is 0 Å². The number of carbonyl (C=O) groups is 4. The number of hydrogen-bond acceptors (Lipinski definition) is 6. The van der Waals surface area contributed by atoms with Crippen LogP contribution in [-0.2, 0) is 19.1 Å². The highest BCUT2D eigenvalue weighted by atomic mass is 35.5. The van der Waals surface area contributed by atoms with E-state index in [1.54, 1.807) is 39.0 Å². The van der Waals surface area contributed by atoms with E-state index >= 15 is 0 Å². The Kier molecular flexibility index (Phi) is 12.3. The number of hydrogen-bond donors (Lipinski definition) is 1. The zero-order valence-corrected chi connectivity index (χ0v) is 25.3. The third-order valence-electron chi connectivity index (χ3n) is 6.57. The van der Waals surface area contributed by atoms with Gasteiger partial charge in [0.2, 0.25) is 11.7 Å². The second-order valence-electron chi connectivity index (χ2n) is 11.4. The van der Waals surface area contributed by atoms with Gasteiger partial charge >= 0.3 is 6.18 Å². The zero-order chi connectivity index (χ0) is 31.8. The van der Waals surface area contributed by atoms with Crippen LogP contribution in [0.3, 0.4) is 0 Å². The molecule has 0 aliphatic heterocycles. The van der Waals surface area contributed by atoms with E-state index in [1.165, 1.54) is 51.3 Å². The first-order valence-corrected chi connectivity index (χ1v) is 13.8. The van der Waals surface area contributed by atoms with Crippen molar-refractivity contribution in [2.45, 2.75) is 65.3 Å². The lowest BCUT2D eigenvalue weighted by Crippen LogP contribution is -2.42. The molecule has 0 radical (unpaired) electrons. The molecule has 11 heteroatoms. The highest BCUT2D eigenvalue weighted by Gasteiger charge is 2.45. The second-order valence-corrected chi connectivity index (χ2v) is 11.8. The van der Waals surface area contributed by atoms with Crippen LogP contribution in [0.25, 0.3) is 0 Å². The molecule has 0 aliphatic rings. The molecule has 7 nitrogen and oxygen atoms in total. The summed E-state index contributed by atoms with van der Waals surface area (Å²) < 4.78 is 50.9. The Morgan fingerprint density at radius 3 is 2.07 bits per heavy atom. The van der Waals surface area contributed by atoms with Crippen molar-refractivity contribution in [2.24, 2.45) is 17.8 Å². The van der Waals surface area contributed by atoms with E-state index in [0.717, 1.165) is 0 Å². The summed E-state index contributed by atoms with van der Waals surface area (Å²) in [5.41, 5.74) is -0.109. The van der Waals surface area contributed by atoms with Gasteiger partial charge in [-0.2, -0.15) is 13.2 Å². The number of amides is 1. The SMILES string of the molecule is COc1ccc([C@H](NC(=O)[C@H](COC(C)(C)C)CC(=O)c2cccc(Cl)c2)C(=O)C[C@H](C(=O)C(F)(F)F)C(C)C)cc1. The average Bonchev–Trinajstić information content (AvgIpc) is 2.90. The maximum absolute atomic E-state index is 13.6. The van der Waals surface area contributed by atoms with E-state index in [9.17, 15) is 32.3 Å². The van der Waals surface area contributed by atoms with E-state index in [0.29, 0.717) is 10.8 Å². The van der Waals surface area contributed by atoms with E-state index in [2.05, 4.69) is 5.32 Å². The topological polar surface area (TPSA) is 98.8 Å². The van der Waals surface area contributed by atoms with Gasteiger partial charge in [-0.1, -0.05) is 49.7 Å². The minimum Gasteiger partial charge on any atom is -0.497 e. The summed E-state index contributed by atoms with van der Waals surface area (Å²) in [5.74, 6) is -6.94. The van der Waals surface area contributed by atoms with Gasteiger partial charge in [-0.15, -0.1) is 0 Å². The number of methoxy groups -OCH3 is 1. The molecule has 0 saturated heterocycles. The van der Waals surface area contributed by atoms with Crippen LogP contribution in [0, 0.1) is 17.8 Å². The number of ether oxygens (including phenoxy) is 2. The normalized spacial score (nSPS) is 14.2. The lowest BCUT2D eigenvalue weighted by Gasteiger charge is -2.27. The molecule has 2 aromatic rings. The molecule has 230 valence electrons. The van der Waals surface area contributed by atoms with Crippen LogP contribution in [0.4, 0.5) is 13.2 Å². The fraction of sp³-hybridized carbons (Fsp3) is 0.484. The Bertz CT molecular complexity index is 1250. The number of halogens is 4. The van der Waals surface area contributed by atoms with Gasteiger partial charge in [-0.05, 0) is 56.5 Å². The number of benzene rings is 2. The van der Waals surface area contributed by atoms with Gasteiger partial charge in [-0.3, -0.25) is 19.2 Å². The van der Waals surface area contributed by atoms with Gasteiger partial charge < -0.3 is 14.8 Å². The lowest BCUT2D eigenvalue weighted by molar-refractivity contribution is -0.177. The van der Waals surface area contributed by atoms with Crippen LogP contribution < -0.4 is 10.1 Å². The van der Waals surface area contributed by atoms with Gasteiger partial charge in [0, 0.05) is 29.3 Å². The van der Waals surface area contributed by atoms with E-state index in [4.69, 9.17) is 21.1 Å². The standard InChI is InChI=1S/C31H37ClF3NO6/c1-18(2)24(28(39)31(33,34)35)16-26(38)27(19-10-12-23(41-6)13-11-19)36-29(40)21(17-42-30(3,4)5)15-25(37)20-8-7-9-22(32)14-20/h7-14,18,21,24,27H,15-17H2,1-6H3,(H,36,40)/t21-,24-,27-/m0/s1. The molecule has 3 atom stereocenters. The Hall–Kier alpha value is -3.24. The van der Waals surface area contributed by atoms with E-state index < -0.39 is 65.3 Å². The van der Waals surface area contributed by atoms with Gasteiger partial charge in [0.15, 0.2) is 11.6 Å². The number of carbonyl (C=O) groups excluding carboxylic acids is 4. The number of alkyl halides is 3. The maximum atomic E-state index is 13.6.